The van der Waals surface area contributed by atoms with Gasteiger partial charge in [-0.1, -0.05) is 23.7 Å². The molecule has 1 fully saturated rings. The van der Waals surface area contributed by atoms with Crippen molar-refractivity contribution in [1.82, 2.24) is 14.5 Å². The maximum absolute atomic E-state index is 13.3. The first kappa shape index (κ1) is 15.1. The zero-order valence-corrected chi connectivity index (χ0v) is 13.6. The van der Waals surface area contributed by atoms with E-state index in [1.165, 1.54) is 18.2 Å². The molecule has 0 aliphatic carbocycles. The first-order chi connectivity index (χ1) is 11.6. The van der Waals surface area contributed by atoms with Crippen LogP contribution in [0.15, 0.2) is 48.8 Å². The second-order valence-electron chi connectivity index (χ2n) is 5.96. The third-order valence-corrected chi connectivity index (χ3v) is 4.78. The highest BCUT2D eigenvalue weighted by Crippen LogP contribution is 2.27. The smallest absolute Gasteiger partial charge is 0.253 e. The maximum atomic E-state index is 13.3. The minimum atomic E-state index is -0.516. The van der Waals surface area contributed by atoms with Gasteiger partial charge in [-0.15, -0.1) is 0 Å². The number of amides is 1. The van der Waals surface area contributed by atoms with E-state index in [1.54, 1.807) is 4.90 Å². The molecule has 2 aromatic carbocycles. The van der Waals surface area contributed by atoms with E-state index in [1.807, 2.05) is 30.6 Å². The fourth-order valence-electron chi connectivity index (χ4n) is 3.23. The summed E-state index contributed by atoms with van der Waals surface area (Å²) in [6.07, 6.45) is 2.69. The molecule has 0 radical (unpaired) electrons. The number of benzene rings is 2. The van der Waals surface area contributed by atoms with E-state index in [0.717, 1.165) is 17.5 Å². The highest BCUT2D eigenvalue weighted by molar-refractivity contribution is 6.31. The highest BCUT2D eigenvalue weighted by Gasteiger charge is 2.29. The van der Waals surface area contributed by atoms with Gasteiger partial charge in [0.15, 0.2) is 0 Å². The largest absolute Gasteiger partial charge is 0.336 e. The number of fused-ring (bicyclic) bond motifs is 1. The van der Waals surface area contributed by atoms with Gasteiger partial charge in [0.2, 0.25) is 0 Å². The third-order valence-electron chi connectivity index (χ3n) is 4.49. The number of imidazole rings is 1. The van der Waals surface area contributed by atoms with Crippen molar-refractivity contribution < 1.29 is 9.18 Å². The van der Waals surface area contributed by atoms with Crippen LogP contribution in [0.4, 0.5) is 4.39 Å². The molecule has 1 aliphatic rings. The molecule has 3 aromatic rings. The summed E-state index contributed by atoms with van der Waals surface area (Å²) in [6, 6.07) is 12.2. The van der Waals surface area contributed by atoms with Crippen molar-refractivity contribution in [3.05, 3.63) is 65.2 Å². The lowest BCUT2D eigenvalue weighted by atomic mass is 10.2. The Bertz CT molecular complexity index is 924. The number of hydrogen-bond donors (Lipinski definition) is 0. The molecule has 0 unspecified atom stereocenters. The van der Waals surface area contributed by atoms with Crippen LogP contribution in [0.25, 0.3) is 11.0 Å². The second-order valence-corrected chi connectivity index (χ2v) is 6.37. The molecule has 4 rings (SSSR count). The van der Waals surface area contributed by atoms with Gasteiger partial charge >= 0.3 is 0 Å². The van der Waals surface area contributed by atoms with Crippen molar-refractivity contribution in [1.29, 1.82) is 0 Å². The zero-order chi connectivity index (χ0) is 16.7. The standard InChI is InChI=1S/C18H15ClFN3O/c19-14-9-12(5-6-15(14)20)18(24)22-8-7-13(10-22)23-11-21-16-3-1-2-4-17(16)23/h1-6,9,11,13H,7-8,10H2/t13-/m1/s1. The number of carbonyl (C=O) groups excluding carboxylic acids is 1. The summed E-state index contributed by atoms with van der Waals surface area (Å²) >= 11 is 5.78. The van der Waals surface area contributed by atoms with E-state index in [4.69, 9.17) is 11.6 Å². The number of para-hydroxylation sites is 2. The molecule has 1 amide bonds. The van der Waals surface area contributed by atoms with E-state index in [0.29, 0.717) is 18.7 Å². The molecule has 1 aromatic heterocycles. The topological polar surface area (TPSA) is 38.1 Å². The molecule has 122 valence electrons. The SMILES string of the molecule is O=C(c1ccc(F)c(Cl)c1)N1CC[C@@H](n2cnc3ccccc32)C1. The van der Waals surface area contributed by atoms with Crippen molar-refractivity contribution in [2.45, 2.75) is 12.5 Å². The molecular weight excluding hydrogens is 329 g/mol. The molecule has 1 atom stereocenters. The Balaban J connectivity index is 1.55. The summed E-state index contributed by atoms with van der Waals surface area (Å²) in [5.74, 6) is -0.638. The van der Waals surface area contributed by atoms with Crippen molar-refractivity contribution >= 4 is 28.5 Å². The van der Waals surface area contributed by atoms with Gasteiger partial charge in [0.05, 0.1) is 28.4 Å². The third kappa shape index (κ3) is 2.55. The van der Waals surface area contributed by atoms with Gasteiger partial charge in [-0.3, -0.25) is 4.79 Å². The monoisotopic (exact) mass is 343 g/mol. The number of halogens is 2. The summed E-state index contributed by atoms with van der Waals surface area (Å²) in [7, 11) is 0. The van der Waals surface area contributed by atoms with Crippen molar-refractivity contribution in [3.63, 3.8) is 0 Å². The minimum absolute atomic E-state index is 0.0304. The zero-order valence-electron chi connectivity index (χ0n) is 12.8. The van der Waals surface area contributed by atoms with E-state index < -0.39 is 5.82 Å². The highest BCUT2D eigenvalue weighted by atomic mass is 35.5. The number of likely N-dealkylation sites (tertiary alicyclic amines) is 1. The Morgan fingerprint density at radius 2 is 2.08 bits per heavy atom. The van der Waals surface area contributed by atoms with Crippen molar-refractivity contribution in [3.8, 4) is 0 Å². The van der Waals surface area contributed by atoms with Crippen LogP contribution in [0.3, 0.4) is 0 Å². The van der Waals surface area contributed by atoms with Crippen molar-refractivity contribution in [2.24, 2.45) is 0 Å². The summed E-state index contributed by atoms with van der Waals surface area (Å²) in [6.45, 7) is 1.26. The van der Waals surface area contributed by atoms with E-state index >= 15 is 0 Å². The van der Waals surface area contributed by atoms with Crippen molar-refractivity contribution in [2.75, 3.05) is 13.1 Å². The van der Waals surface area contributed by atoms with Crippen LogP contribution in [0.2, 0.25) is 5.02 Å². The molecule has 0 spiro atoms. The van der Waals surface area contributed by atoms with Gasteiger partial charge in [0.1, 0.15) is 5.82 Å². The fourth-order valence-corrected chi connectivity index (χ4v) is 3.41. The molecule has 1 saturated heterocycles. The first-order valence-electron chi connectivity index (χ1n) is 7.79. The van der Waals surface area contributed by atoms with E-state index in [-0.39, 0.29) is 17.0 Å². The van der Waals surface area contributed by atoms with Crippen LogP contribution in [-0.2, 0) is 0 Å². The molecule has 24 heavy (non-hydrogen) atoms. The molecular formula is C18H15ClFN3O. The maximum Gasteiger partial charge on any atom is 0.253 e. The summed E-state index contributed by atoms with van der Waals surface area (Å²) < 4.78 is 15.4. The summed E-state index contributed by atoms with van der Waals surface area (Å²) in [4.78, 5) is 18.8. The number of rotatable bonds is 2. The number of nitrogens with zero attached hydrogens (tertiary/aromatic N) is 3. The normalized spacial score (nSPS) is 17.6. The van der Waals surface area contributed by atoms with Gasteiger partial charge in [0, 0.05) is 18.7 Å². The van der Waals surface area contributed by atoms with Gasteiger partial charge in [-0.2, -0.15) is 0 Å². The minimum Gasteiger partial charge on any atom is -0.336 e. The number of hydrogen-bond acceptors (Lipinski definition) is 2. The van der Waals surface area contributed by atoms with Crippen LogP contribution in [-0.4, -0.2) is 33.4 Å². The average Bonchev–Trinajstić information content (AvgIpc) is 3.23. The molecule has 0 N–H and O–H groups in total. The molecule has 2 heterocycles. The quantitative estimate of drug-likeness (QED) is 0.707. The first-order valence-corrected chi connectivity index (χ1v) is 8.17. The van der Waals surface area contributed by atoms with Gasteiger partial charge in [0.25, 0.3) is 5.91 Å². The summed E-state index contributed by atoms with van der Waals surface area (Å²) in [5.41, 5.74) is 2.44. The average molecular weight is 344 g/mol. The Morgan fingerprint density at radius 3 is 2.92 bits per heavy atom. The predicted octanol–water partition coefficient (Wildman–Crippen LogP) is 3.92. The lowest BCUT2D eigenvalue weighted by Crippen LogP contribution is -2.29. The van der Waals surface area contributed by atoms with Gasteiger partial charge < -0.3 is 9.47 Å². The molecule has 4 nitrogen and oxygen atoms in total. The van der Waals surface area contributed by atoms with Crippen LogP contribution in [0, 0.1) is 5.82 Å². The van der Waals surface area contributed by atoms with E-state index in [2.05, 4.69) is 9.55 Å². The Labute approximate surface area is 143 Å². The van der Waals surface area contributed by atoms with Crippen LogP contribution in [0.5, 0.6) is 0 Å². The van der Waals surface area contributed by atoms with Gasteiger partial charge in [-0.25, -0.2) is 9.37 Å². The number of carbonyl (C=O) groups is 1. The molecule has 6 heteroatoms. The molecule has 0 bridgehead atoms. The second kappa shape index (κ2) is 5.91. The molecule has 0 saturated carbocycles. The lowest BCUT2D eigenvalue weighted by Gasteiger charge is -2.17. The Hall–Kier alpha value is -2.40. The Morgan fingerprint density at radius 1 is 1.25 bits per heavy atom. The fraction of sp³-hybridized carbons (Fsp3) is 0.222. The number of aromatic nitrogens is 2. The van der Waals surface area contributed by atoms with Crippen LogP contribution < -0.4 is 0 Å². The summed E-state index contributed by atoms with van der Waals surface area (Å²) in [5, 5.41) is -0.0304. The lowest BCUT2D eigenvalue weighted by molar-refractivity contribution is 0.0788. The van der Waals surface area contributed by atoms with Crippen LogP contribution in [0.1, 0.15) is 22.8 Å². The molecule has 1 aliphatic heterocycles. The Kier molecular flexibility index (Phi) is 3.73. The predicted molar refractivity (Wildman–Crippen MR) is 90.7 cm³/mol. The van der Waals surface area contributed by atoms with Gasteiger partial charge in [-0.05, 0) is 36.8 Å². The van der Waals surface area contributed by atoms with Crippen LogP contribution >= 0.6 is 11.6 Å². The van der Waals surface area contributed by atoms with E-state index in [9.17, 15) is 9.18 Å².